The van der Waals surface area contributed by atoms with Crippen LogP contribution in [0.15, 0.2) is 18.2 Å². The van der Waals surface area contributed by atoms with E-state index >= 15 is 0 Å². The topological polar surface area (TPSA) is 38.3 Å². The number of aryl methyl sites for hydroxylation is 1. The van der Waals surface area contributed by atoms with E-state index in [1.165, 1.54) is 0 Å². The summed E-state index contributed by atoms with van der Waals surface area (Å²) in [6, 6.07) is 6.10. The Kier molecular flexibility index (Phi) is 4.98. The van der Waals surface area contributed by atoms with Gasteiger partial charge in [0.1, 0.15) is 5.75 Å². The van der Waals surface area contributed by atoms with Gasteiger partial charge in [-0.15, -0.1) is 0 Å². The Balaban J connectivity index is 2.92. The molecule has 0 aliphatic heterocycles. The van der Waals surface area contributed by atoms with E-state index in [2.05, 4.69) is 18.3 Å². The maximum Gasteiger partial charge on any atom is 0.225 e. The molecule has 3 nitrogen and oxygen atoms in total. The lowest BCUT2D eigenvalue weighted by atomic mass is 9.93. The Hall–Kier alpha value is -1.51. The zero-order valence-corrected chi connectivity index (χ0v) is 12.8. The minimum atomic E-state index is -0.366. The molecule has 1 rings (SSSR count). The lowest BCUT2D eigenvalue weighted by Gasteiger charge is -2.24. The Labute approximate surface area is 116 Å². The summed E-state index contributed by atoms with van der Waals surface area (Å²) in [5.74, 6) is 0.952. The summed E-state index contributed by atoms with van der Waals surface area (Å²) in [6.45, 7) is 9.87. The molecule has 0 aromatic heterocycles. The minimum Gasteiger partial charge on any atom is -0.496 e. The summed E-state index contributed by atoms with van der Waals surface area (Å²) in [5, 5.41) is 3.11. The molecule has 3 heteroatoms. The van der Waals surface area contributed by atoms with Crippen LogP contribution in [0.4, 0.5) is 0 Å². The van der Waals surface area contributed by atoms with Crippen molar-refractivity contribution in [2.75, 3.05) is 7.11 Å². The van der Waals surface area contributed by atoms with Gasteiger partial charge in [0.05, 0.1) is 13.2 Å². The van der Waals surface area contributed by atoms with Crippen LogP contribution in [0.2, 0.25) is 0 Å². The van der Waals surface area contributed by atoms with Crippen molar-refractivity contribution < 1.29 is 9.53 Å². The number of methoxy groups -OCH3 is 1. The highest BCUT2D eigenvalue weighted by molar-refractivity contribution is 5.81. The average molecular weight is 263 g/mol. The van der Waals surface area contributed by atoms with Gasteiger partial charge < -0.3 is 10.1 Å². The van der Waals surface area contributed by atoms with Gasteiger partial charge in [0, 0.05) is 5.41 Å². The molecular formula is C16H25NO2. The van der Waals surface area contributed by atoms with Crippen molar-refractivity contribution in [2.45, 2.75) is 47.1 Å². The third kappa shape index (κ3) is 3.98. The van der Waals surface area contributed by atoms with Crippen LogP contribution in [0.5, 0.6) is 5.75 Å². The van der Waals surface area contributed by atoms with Crippen LogP contribution in [0.1, 0.15) is 51.3 Å². The molecule has 1 aromatic rings. The molecule has 0 saturated heterocycles. The Morgan fingerprint density at radius 2 is 2.00 bits per heavy atom. The number of hydrogen-bond acceptors (Lipinski definition) is 2. The number of rotatable bonds is 4. The van der Waals surface area contributed by atoms with Gasteiger partial charge >= 0.3 is 0 Å². The molecule has 1 N–H and O–H groups in total. The average Bonchev–Trinajstić information content (AvgIpc) is 2.34. The third-order valence-electron chi connectivity index (χ3n) is 3.22. The summed E-state index contributed by atoms with van der Waals surface area (Å²) in [4.78, 5) is 12.1. The Morgan fingerprint density at radius 1 is 1.37 bits per heavy atom. The number of ether oxygens (including phenoxy) is 1. The first-order chi connectivity index (χ1) is 8.79. The fourth-order valence-corrected chi connectivity index (χ4v) is 1.91. The Morgan fingerprint density at radius 3 is 2.42 bits per heavy atom. The van der Waals surface area contributed by atoms with Gasteiger partial charge in [-0.25, -0.2) is 0 Å². The summed E-state index contributed by atoms with van der Waals surface area (Å²) in [5.41, 5.74) is 1.84. The molecule has 0 heterocycles. The predicted molar refractivity (Wildman–Crippen MR) is 78.4 cm³/mol. The molecule has 0 fully saturated rings. The number of carbonyl (C=O) groups is 1. The van der Waals surface area contributed by atoms with Crippen molar-refractivity contribution in [3.8, 4) is 5.75 Å². The molecule has 106 valence electrons. The van der Waals surface area contributed by atoms with E-state index in [1.54, 1.807) is 7.11 Å². The van der Waals surface area contributed by atoms with Crippen molar-refractivity contribution in [3.05, 3.63) is 29.3 Å². The standard InChI is InChI=1S/C16H25NO2/c1-7-13(17-15(18)16(3,4)5)12-8-9-14(19-6)11(2)10-12/h8-10,13H,7H2,1-6H3,(H,17,18). The fourth-order valence-electron chi connectivity index (χ4n) is 1.91. The first-order valence-electron chi connectivity index (χ1n) is 6.75. The zero-order valence-electron chi connectivity index (χ0n) is 12.8. The van der Waals surface area contributed by atoms with E-state index in [4.69, 9.17) is 4.74 Å². The minimum absolute atomic E-state index is 0.0522. The molecule has 0 radical (unpaired) electrons. The van der Waals surface area contributed by atoms with Gasteiger partial charge in [-0.2, -0.15) is 0 Å². The predicted octanol–water partition coefficient (Wildman–Crippen LogP) is 3.62. The number of hydrogen-bond donors (Lipinski definition) is 1. The first-order valence-corrected chi connectivity index (χ1v) is 6.75. The van der Waals surface area contributed by atoms with Crippen LogP contribution in [0.25, 0.3) is 0 Å². The maximum absolute atomic E-state index is 12.1. The summed E-state index contributed by atoms with van der Waals surface area (Å²) in [6.07, 6.45) is 0.869. The molecule has 0 saturated carbocycles. The Bertz CT molecular complexity index is 447. The summed E-state index contributed by atoms with van der Waals surface area (Å²) in [7, 11) is 1.67. The van der Waals surface area contributed by atoms with Gasteiger partial charge in [0.2, 0.25) is 5.91 Å². The molecule has 1 aromatic carbocycles. The fraction of sp³-hybridized carbons (Fsp3) is 0.562. The monoisotopic (exact) mass is 263 g/mol. The molecule has 1 amide bonds. The SMILES string of the molecule is CCC(NC(=O)C(C)(C)C)c1ccc(OC)c(C)c1. The smallest absolute Gasteiger partial charge is 0.225 e. The lowest BCUT2D eigenvalue weighted by molar-refractivity contribution is -0.129. The van der Waals surface area contributed by atoms with Crippen molar-refractivity contribution >= 4 is 5.91 Å². The number of carbonyl (C=O) groups excluding carboxylic acids is 1. The van der Waals surface area contributed by atoms with Crippen molar-refractivity contribution in [1.82, 2.24) is 5.32 Å². The summed E-state index contributed by atoms with van der Waals surface area (Å²) >= 11 is 0. The number of benzene rings is 1. The van der Waals surface area contributed by atoms with E-state index in [0.717, 1.165) is 23.3 Å². The van der Waals surface area contributed by atoms with Gasteiger partial charge in [-0.05, 0) is 30.5 Å². The highest BCUT2D eigenvalue weighted by Gasteiger charge is 2.24. The van der Waals surface area contributed by atoms with E-state index in [0.29, 0.717) is 0 Å². The molecular weight excluding hydrogens is 238 g/mol. The molecule has 0 spiro atoms. The van der Waals surface area contributed by atoms with Gasteiger partial charge in [-0.1, -0.05) is 39.8 Å². The van der Waals surface area contributed by atoms with Crippen molar-refractivity contribution in [1.29, 1.82) is 0 Å². The van der Waals surface area contributed by atoms with Crippen LogP contribution in [0.3, 0.4) is 0 Å². The molecule has 0 aliphatic carbocycles. The summed E-state index contributed by atoms with van der Waals surface area (Å²) < 4.78 is 5.26. The number of nitrogens with one attached hydrogen (secondary N) is 1. The second kappa shape index (κ2) is 6.09. The second-order valence-corrected chi connectivity index (χ2v) is 5.91. The van der Waals surface area contributed by atoms with Gasteiger partial charge in [-0.3, -0.25) is 4.79 Å². The third-order valence-corrected chi connectivity index (χ3v) is 3.22. The first kappa shape index (κ1) is 15.5. The van der Waals surface area contributed by atoms with Crippen molar-refractivity contribution in [2.24, 2.45) is 5.41 Å². The molecule has 1 unspecified atom stereocenters. The normalized spacial score (nSPS) is 12.9. The van der Waals surface area contributed by atoms with E-state index in [9.17, 15) is 4.79 Å². The second-order valence-electron chi connectivity index (χ2n) is 5.91. The largest absolute Gasteiger partial charge is 0.496 e. The van der Waals surface area contributed by atoms with Crippen LogP contribution < -0.4 is 10.1 Å². The lowest BCUT2D eigenvalue weighted by Crippen LogP contribution is -2.37. The highest BCUT2D eigenvalue weighted by atomic mass is 16.5. The van der Waals surface area contributed by atoms with Gasteiger partial charge in [0.15, 0.2) is 0 Å². The highest BCUT2D eigenvalue weighted by Crippen LogP contribution is 2.25. The van der Waals surface area contributed by atoms with Crippen LogP contribution in [-0.2, 0) is 4.79 Å². The molecule has 0 aliphatic rings. The van der Waals surface area contributed by atoms with Gasteiger partial charge in [0.25, 0.3) is 0 Å². The molecule has 1 atom stereocenters. The van der Waals surface area contributed by atoms with E-state index in [1.807, 2.05) is 39.8 Å². The van der Waals surface area contributed by atoms with E-state index in [-0.39, 0.29) is 17.4 Å². The van der Waals surface area contributed by atoms with Crippen LogP contribution in [-0.4, -0.2) is 13.0 Å². The quantitative estimate of drug-likeness (QED) is 0.901. The van der Waals surface area contributed by atoms with Crippen LogP contribution in [0, 0.1) is 12.3 Å². The van der Waals surface area contributed by atoms with Crippen LogP contribution >= 0.6 is 0 Å². The zero-order chi connectivity index (χ0) is 14.6. The number of amides is 1. The molecule has 0 bridgehead atoms. The maximum atomic E-state index is 12.1. The van der Waals surface area contributed by atoms with E-state index < -0.39 is 0 Å². The molecule has 19 heavy (non-hydrogen) atoms. The van der Waals surface area contributed by atoms with Crippen molar-refractivity contribution in [3.63, 3.8) is 0 Å².